The fraction of sp³-hybridized carbons (Fsp3) is 0.900. The number of hydrogen-bond acceptors (Lipinski definition) is 2. The standard InChI is InChI=1S/C10H19NO2/c1-5-13-9-7-10(2,3)6-8(12)11(9)4/h9H,5-7H2,1-4H3. The largest absolute Gasteiger partial charge is 0.359 e. The van der Waals surface area contributed by atoms with Crippen LogP contribution in [0.2, 0.25) is 0 Å². The van der Waals surface area contributed by atoms with Gasteiger partial charge in [0, 0.05) is 20.1 Å². The van der Waals surface area contributed by atoms with Gasteiger partial charge in [0.05, 0.1) is 0 Å². The zero-order valence-corrected chi connectivity index (χ0v) is 8.96. The molecule has 1 aliphatic heterocycles. The molecule has 1 unspecified atom stereocenters. The van der Waals surface area contributed by atoms with Gasteiger partial charge in [-0.1, -0.05) is 13.8 Å². The summed E-state index contributed by atoms with van der Waals surface area (Å²) in [5, 5.41) is 0. The van der Waals surface area contributed by atoms with Crippen molar-refractivity contribution in [2.45, 2.75) is 39.8 Å². The van der Waals surface area contributed by atoms with Crippen molar-refractivity contribution in [1.82, 2.24) is 4.90 Å². The van der Waals surface area contributed by atoms with Gasteiger partial charge in [-0.15, -0.1) is 0 Å². The van der Waals surface area contributed by atoms with Crippen LogP contribution in [0.15, 0.2) is 0 Å². The van der Waals surface area contributed by atoms with Crippen LogP contribution in [-0.4, -0.2) is 30.7 Å². The maximum Gasteiger partial charge on any atom is 0.224 e. The Balaban J connectivity index is 2.66. The summed E-state index contributed by atoms with van der Waals surface area (Å²) in [6.07, 6.45) is 1.54. The van der Waals surface area contributed by atoms with Gasteiger partial charge in [-0.2, -0.15) is 0 Å². The van der Waals surface area contributed by atoms with E-state index < -0.39 is 0 Å². The molecule has 76 valence electrons. The molecule has 13 heavy (non-hydrogen) atoms. The Morgan fingerprint density at radius 3 is 2.77 bits per heavy atom. The maximum absolute atomic E-state index is 11.5. The number of amides is 1. The third-order valence-electron chi connectivity index (χ3n) is 2.54. The highest BCUT2D eigenvalue weighted by Crippen LogP contribution is 2.34. The minimum atomic E-state index is -0.0266. The van der Waals surface area contributed by atoms with Crippen molar-refractivity contribution in [2.24, 2.45) is 5.41 Å². The van der Waals surface area contributed by atoms with Crippen LogP contribution in [0.1, 0.15) is 33.6 Å². The van der Waals surface area contributed by atoms with Crippen molar-refractivity contribution in [3.8, 4) is 0 Å². The quantitative estimate of drug-likeness (QED) is 0.654. The highest BCUT2D eigenvalue weighted by atomic mass is 16.5. The fourth-order valence-corrected chi connectivity index (χ4v) is 1.74. The van der Waals surface area contributed by atoms with Crippen LogP contribution in [-0.2, 0) is 9.53 Å². The number of piperidine rings is 1. The predicted octanol–water partition coefficient (Wildman–Crippen LogP) is 1.63. The third kappa shape index (κ3) is 2.44. The molecule has 1 rings (SSSR count). The zero-order valence-electron chi connectivity index (χ0n) is 8.96. The van der Waals surface area contributed by atoms with Crippen LogP contribution in [0.3, 0.4) is 0 Å². The molecule has 3 heteroatoms. The average Bonchev–Trinajstić information content (AvgIpc) is 1.99. The van der Waals surface area contributed by atoms with Crippen LogP contribution in [0.25, 0.3) is 0 Å². The number of likely N-dealkylation sites (tertiary alicyclic amines) is 1. The topological polar surface area (TPSA) is 29.5 Å². The van der Waals surface area contributed by atoms with Crippen molar-refractivity contribution in [3.63, 3.8) is 0 Å². The highest BCUT2D eigenvalue weighted by Gasteiger charge is 2.36. The van der Waals surface area contributed by atoms with E-state index in [9.17, 15) is 4.79 Å². The summed E-state index contributed by atoms with van der Waals surface area (Å²) in [6.45, 7) is 6.85. The molecule has 0 bridgehead atoms. The molecule has 3 nitrogen and oxygen atoms in total. The van der Waals surface area contributed by atoms with E-state index in [2.05, 4.69) is 13.8 Å². The van der Waals surface area contributed by atoms with Crippen molar-refractivity contribution in [3.05, 3.63) is 0 Å². The van der Waals surface area contributed by atoms with Crippen molar-refractivity contribution in [2.75, 3.05) is 13.7 Å². The van der Waals surface area contributed by atoms with E-state index in [4.69, 9.17) is 4.74 Å². The van der Waals surface area contributed by atoms with Gasteiger partial charge in [-0.05, 0) is 18.8 Å². The number of carbonyl (C=O) groups is 1. The van der Waals surface area contributed by atoms with Gasteiger partial charge < -0.3 is 9.64 Å². The van der Waals surface area contributed by atoms with Gasteiger partial charge in [-0.25, -0.2) is 0 Å². The smallest absolute Gasteiger partial charge is 0.224 e. The van der Waals surface area contributed by atoms with Crippen molar-refractivity contribution in [1.29, 1.82) is 0 Å². The highest BCUT2D eigenvalue weighted by molar-refractivity contribution is 5.77. The Kier molecular flexibility index (Phi) is 2.96. The van der Waals surface area contributed by atoms with Gasteiger partial charge in [0.25, 0.3) is 0 Å². The summed E-state index contributed by atoms with van der Waals surface area (Å²) in [5.74, 6) is 0.190. The molecule has 1 fully saturated rings. The van der Waals surface area contributed by atoms with E-state index in [1.54, 1.807) is 4.90 Å². The average molecular weight is 185 g/mol. The molecule has 0 aromatic carbocycles. The normalized spacial score (nSPS) is 27.8. The molecule has 1 saturated heterocycles. The van der Waals surface area contributed by atoms with E-state index >= 15 is 0 Å². The van der Waals surface area contributed by atoms with Crippen molar-refractivity contribution < 1.29 is 9.53 Å². The second-order valence-electron chi connectivity index (χ2n) is 4.46. The first-order valence-electron chi connectivity index (χ1n) is 4.83. The molecule has 0 N–H and O–H groups in total. The van der Waals surface area contributed by atoms with Crippen LogP contribution < -0.4 is 0 Å². The van der Waals surface area contributed by atoms with E-state index in [0.29, 0.717) is 13.0 Å². The molecule has 1 amide bonds. The fourth-order valence-electron chi connectivity index (χ4n) is 1.74. The zero-order chi connectivity index (χ0) is 10.1. The number of ether oxygens (including phenoxy) is 1. The summed E-state index contributed by atoms with van der Waals surface area (Å²) < 4.78 is 5.51. The molecule has 0 saturated carbocycles. The van der Waals surface area contributed by atoms with E-state index in [-0.39, 0.29) is 17.6 Å². The first kappa shape index (κ1) is 10.5. The van der Waals surface area contributed by atoms with Crippen LogP contribution in [0, 0.1) is 5.41 Å². The van der Waals surface area contributed by atoms with Crippen LogP contribution >= 0.6 is 0 Å². The molecule has 0 spiro atoms. The molecular weight excluding hydrogens is 166 g/mol. The van der Waals surface area contributed by atoms with Gasteiger partial charge in [0.15, 0.2) is 0 Å². The molecule has 0 aromatic rings. The van der Waals surface area contributed by atoms with Gasteiger partial charge in [0.1, 0.15) is 6.23 Å². The SMILES string of the molecule is CCOC1CC(C)(C)CC(=O)N1C. The lowest BCUT2D eigenvalue weighted by Crippen LogP contribution is -2.48. The predicted molar refractivity (Wildman–Crippen MR) is 51.2 cm³/mol. The molecule has 0 aromatic heterocycles. The van der Waals surface area contributed by atoms with Gasteiger partial charge in [0.2, 0.25) is 5.91 Å². The molecule has 0 aliphatic carbocycles. The Morgan fingerprint density at radius 1 is 1.62 bits per heavy atom. The Hall–Kier alpha value is -0.570. The second kappa shape index (κ2) is 3.66. The minimum Gasteiger partial charge on any atom is -0.359 e. The summed E-state index contributed by atoms with van der Waals surface area (Å²) >= 11 is 0. The summed E-state index contributed by atoms with van der Waals surface area (Å²) in [5.41, 5.74) is 0.0867. The number of carbonyl (C=O) groups excluding carboxylic acids is 1. The van der Waals surface area contributed by atoms with Crippen molar-refractivity contribution >= 4 is 5.91 Å². The molecular formula is C10H19NO2. The molecule has 1 aliphatic rings. The first-order valence-corrected chi connectivity index (χ1v) is 4.83. The number of hydrogen-bond donors (Lipinski definition) is 0. The Bertz CT molecular complexity index is 201. The lowest BCUT2D eigenvalue weighted by atomic mass is 9.81. The number of nitrogens with zero attached hydrogens (tertiary/aromatic N) is 1. The van der Waals surface area contributed by atoms with E-state index in [1.165, 1.54) is 0 Å². The van der Waals surface area contributed by atoms with Gasteiger partial charge in [-0.3, -0.25) is 4.79 Å². The van der Waals surface area contributed by atoms with Crippen LogP contribution in [0.4, 0.5) is 0 Å². The lowest BCUT2D eigenvalue weighted by Gasteiger charge is -2.40. The summed E-state index contributed by atoms with van der Waals surface area (Å²) in [6, 6.07) is 0. The second-order valence-corrected chi connectivity index (χ2v) is 4.46. The maximum atomic E-state index is 11.5. The van der Waals surface area contributed by atoms with Crippen LogP contribution in [0.5, 0.6) is 0 Å². The Morgan fingerprint density at radius 2 is 2.23 bits per heavy atom. The van der Waals surface area contributed by atoms with E-state index in [1.807, 2.05) is 14.0 Å². The molecule has 0 radical (unpaired) electrons. The molecule has 1 heterocycles. The monoisotopic (exact) mass is 185 g/mol. The third-order valence-corrected chi connectivity index (χ3v) is 2.54. The first-order chi connectivity index (χ1) is 5.96. The summed E-state index contributed by atoms with van der Waals surface area (Å²) in [7, 11) is 1.82. The molecule has 1 atom stereocenters. The minimum absolute atomic E-state index is 0.0266. The van der Waals surface area contributed by atoms with Gasteiger partial charge >= 0.3 is 0 Å². The number of rotatable bonds is 2. The van der Waals surface area contributed by atoms with E-state index in [0.717, 1.165) is 6.42 Å². The lowest BCUT2D eigenvalue weighted by molar-refractivity contribution is -0.157. The Labute approximate surface area is 80.1 Å². The summed E-state index contributed by atoms with van der Waals surface area (Å²) in [4.78, 5) is 13.3.